The molecular weight excluding hydrogens is 282 g/mol. The highest BCUT2D eigenvalue weighted by molar-refractivity contribution is 6.06. The van der Waals surface area contributed by atoms with Crippen LogP contribution < -0.4 is 10.1 Å². The molecule has 7 nitrogen and oxygen atoms in total. The molecule has 0 radical (unpaired) electrons. The molecule has 0 saturated carbocycles. The van der Waals surface area contributed by atoms with Crippen molar-refractivity contribution in [1.82, 2.24) is 25.3 Å². The van der Waals surface area contributed by atoms with Gasteiger partial charge in [0.25, 0.3) is 5.91 Å². The smallest absolute Gasteiger partial charge is 0.252 e. The first-order valence-corrected chi connectivity index (χ1v) is 6.84. The Kier molecular flexibility index (Phi) is 3.95. The van der Waals surface area contributed by atoms with E-state index in [2.05, 4.69) is 20.6 Å². The summed E-state index contributed by atoms with van der Waals surface area (Å²) in [5, 5.41) is 11.2. The number of hydrogen-bond donors (Lipinski definition) is 1. The van der Waals surface area contributed by atoms with Gasteiger partial charge in [-0.25, -0.2) is 4.98 Å². The van der Waals surface area contributed by atoms with Gasteiger partial charge in [-0.2, -0.15) is 0 Å². The highest BCUT2D eigenvalue weighted by Crippen LogP contribution is 2.21. The van der Waals surface area contributed by atoms with Crippen molar-refractivity contribution in [3.05, 3.63) is 48.3 Å². The monoisotopic (exact) mass is 297 g/mol. The summed E-state index contributed by atoms with van der Waals surface area (Å²) >= 11 is 0. The maximum Gasteiger partial charge on any atom is 0.252 e. The number of carbonyl (C=O) groups excluding carboxylic acids is 1. The normalized spacial score (nSPS) is 10.6. The van der Waals surface area contributed by atoms with Crippen molar-refractivity contribution in [3.63, 3.8) is 0 Å². The molecule has 0 spiro atoms. The molecule has 3 rings (SSSR count). The first-order valence-electron chi connectivity index (χ1n) is 6.84. The van der Waals surface area contributed by atoms with Gasteiger partial charge in [0, 0.05) is 24.2 Å². The number of pyridine rings is 1. The minimum atomic E-state index is -0.169. The Labute approximate surface area is 126 Å². The van der Waals surface area contributed by atoms with E-state index >= 15 is 0 Å². The van der Waals surface area contributed by atoms with Crippen molar-refractivity contribution in [1.29, 1.82) is 0 Å². The van der Waals surface area contributed by atoms with Gasteiger partial charge >= 0.3 is 0 Å². The molecule has 0 fully saturated rings. The molecular formula is C15H15N5O2. The standard InChI is InChI=1S/C15H15N5O2/c1-22-14-10-12(11-4-2-3-5-13(11)18-14)15(21)16-6-8-20-9-7-17-19-20/h2-5,7,9-10H,6,8H2,1H3,(H,16,21). The highest BCUT2D eigenvalue weighted by atomic mass is 16.5. The molecule has 112 valence electrons. The number of benzene rings is 1. The van der Waals surface area contributed by atoms with E-state index in [0.717, 1.165) is 10.9 Å². The van der Waals surface area contributed by atoms with Crippen LogP contribution in [0.1, 0.15) is 10.4 Å². The molecule has 1 amide bonds. The summed E-state index contributed by atoms with van der Waals surface area (Å²) in [5.41, 5.74) is 1.27. The lowest BCUT2D eigenvalue weighted by Gasteiger charge is -2.09. The van der Waals surface area contributed by atoms with Crippen LogP contribution >= 0.6 is 0 Å². The molecule has 0 bridgehead atoms. The number of nitrogens with one attached hydrogen (secondary N) is 1. The summed E-state index contributed by atoms with van der Waals surface area (Å²) in [5.74, 6) is 0.247. The number of para-hydroxylation sites is 1. The minimum absolute atomic E-state index is 0.169. The van der Waals surface area contributed by atoms with Crippen LogP contribution in [0.15, 0.2) is 42.7 Å². The predicted molar refractivity (Wildman–Crippen MR) is 80.7 cm³/mol. The Morgan fingerprint density at radius 1 is 1.36 bits per heavy atom. The lowest BCUT2D eigenvalue weighted by molar-refractivity contribution is 0.0953. The van der Waals surface area contributed by atoms with Crippen molar-refractivity contribution < 1.29 is 9.53 Å². The molecule has 0 saturated heterocycles. The molecule has 1 N–H and O–H groups in total. The van der Waals surface area contributed by atoms with Gasteiger partial charge in [-0.15, -0.1) is 5.10 Å². The van der Waals surface area contributed by atoms with E-state index < -0.39 is 0 Å². The van der Waals surface area contributed by atoms with Gasteiger partial charge in [-0.05, 0) is 6.07 Å². The average molecular weight is 297 g/mol. The fraction of sp³-hybridized carbons (Fsp3) is 0.200. The van der Waals surface area contributed by atoms with Crippen LogP contribution in [-0.2, 0) is 6.54 Å². The number of hydrogen-bond acceptors (Lipinski definition) is 5. The Bertz CT molecular complexity index is 786. The number of rotatable bonds is 5. The van der Waals surface area contributed by atoms with Gasteiger partial charge in [0.2, 0.25) is 5.88 Å². The molecule has 7 heteroatoms. The van der Waals surface area contributed by atoms with Crippen LogP contribution in [0.4, 0.5) is 0 Å². The van der Waals surface area contributed by atoms with Crippen molar-refractivity contribution in [3.8, 4) is 5.88 Å². The number of carbonyl (C=O) groups is 1. The van der Waals surface area contributed by atoms with Crippen molar-refractivity contribution in [2.45, 2.75) is 6.54 Å². The third-order valence-corrected chi connectivity index (χ3v) is 3.24. The third-order valence-electron chi connectivity index (χ3n) is 3.24. The lowest BCUT2D eigenvalue weighted by Crippen LogP contribution is -2.27. The Balaban J connectivity index is 1.80. The largest absolute Gasteiger partial charge is 0.481 e. The van der Waals surface area contributed by atoms with E-state index in [4.69, 9.17) is 4.74 Å². The van der Waals surface area contributed by atoms with Crippen LogP contribution in [0.25, 0.3) is 10.9 Å². The summed E-state index contributed by atoms with van der Waals surface area (Å²) in [4.78, 5) is 16.7. The molecule has 0 aliphatic heterocycles. The molecule has 0 aliphatic carbocycles. The summed E-state index contributed by atoms with van der Waals surface area (Å²) in [6.07, 6.45) is 3.35. The zero-order valence-electron chi connectivity index (χ0n) is 12.1. The predicted octanol–water partition coefficient (Wildman–Crippen LogP) is 1.26. The van der Waals surface area contributed by atoms with Crippen molar-refractivity contribution in [2.24, 2.45) is 0 Å². The van der Waals surface area contributed by atoms with Crippen molar-refractivity contribution in [2.75, 3.05) is 13.7 Å². The van der Waals surface area contributed by atoms with Crippen LogP contribution in [0.5, 0.6) is 5.88 Å². The number of ether oxygens (including phenoxy) is 1. The number of methoxy groups -OCH3 is 1. The van der Waals surface area contributed by atoms with Crippen LogP contribution in [0.3, 0.4) is 0 Å². The van der Waals surface area contributed by atoms with E-state index in [-0.39, 0.29) is 5.91 Å². The molecule has 22 heavy (non-hydrogen) atoms. The zero-order valence-corrected chi connectivity index (χ0v) is 12.1. The summed E-state index contributed by atoms with van der Waals surface area (Å²) in [7, 11) is 1.53. The maximum absolute atomic E-state index is 12.4. The van der Waals surface area contributed by atoms with Crippen LogP contribution in [-0.4, -0.2) is 39.5 Å². The topological polar surface area (TPSA) is 81.9 Å². The first-order chi connectivity index (χ1) is 10.8. The second kappa shape index (κ2) is 6.21. The molecule has 3 aromatic rings. The first kappa shape index (κ1) is 14.0. The van der Waals surface area contributed by atoms with Gasteiger partial charge in [-0.1, -0.05) is 23.4 Å². The average Bonchev–Trinajstić information content (AvgIpc) is 3.07. The fourth-order valence-corrected chi connectivity index (χ4v) is 2.17. The van der Waals surface area contributed by atoms with E-state index in [1.165, 1.54) is 7.11 Å². The van der Waals surface area contributed by atoms with Crippen molar-refractivity contribution >= 4 is 16.8 Å². The second-order valence-electron chi connectivity index (χ2n) is 4.65. The number of fused-ring (bicyclic) bond motifs is 1. The van der Waals surface area contributed by atoms with Gasteiger partial charge in [0.15, 0.2) is 0 Å². The number of nitrogens with zero attached hydrogens (tertiary/aromatic N) is 4. The quantitative estimate of drug-likeness (QED) is 0.767. The molecule has 2 heterocycles. The summed E-state index contributed by atoms with van der Waals surface area (Å²) < 4.78 is 6.82. The van der Waals surface area contributed by atoms with Crippen LogP contribution in [0, 0.1) is 0 Å². The highest BCUT2D eigenvalue weighted by Gasteiger charge is 2.12. The molecule has 1 aromatic carbocycles. The van der Waals surface area contributed by atoms with Crippen LogP contribution in [0.2, 0.25) is 0 Å². The Morgan fingerprint density at radius 2 is 2.23 bits per heavy atom. The van der Waals surface area contributed by atoms with E-state index in [0.29, 0.717) is 24.5 Å². The molecule has 0 unspecified atom stereocenters. The number of aromatic nitrogens is 4. The third kappa shape index (κ3) is 2.88. The van der Waals surface area contributed by atoms with Gasteiger partial charge in [0.1, 0.15) is 0 Å². The molecule has 0 aliphatic rings. The minimum Gasteiger partial charge on any atom is -0.481 e. The van der Waals surface area contributed by atoms with E-state index in [1.807, 2.05) is 24.3 Å². The van der Waals surface area contributed by atoms with Gasteiger partial charge < -0.3 is 10.1 Å². The molecule has 2 aromatic heterocycles. The van der Waals surface area contributed by atoms with Gasteiger partial charge in [0.05, 0.1) is 30.9 Å². The zero-order chi connectivity index (χ0) is 15.4. The fourth-order valence-electron chi connectivity index (χ4n) is 2.17. The molecule has 0 atom stereocenters. The van der Waals surface area contributed by atoms with E-state index in [1.54, 1.807) is 23.1 Å². The number of amides is 1. The summed E-state index contributed by atoms with van der Waals surface area (Å²) in [6.45, 7) is 1.02. The second-order valence-corrected chi connectivity index (χ2v) is 4.65. The summed E-state index contributed by atoms with van der Waals surface area (Å²) in [6, 6.07) is 9.12. The van der Waals surface area contributed by atoms with E-state index in [9.17, 15) is 4.79 Å². The maximum atomic E-state index is 12.4. The SMILES string of the molecule is COc1cc(C(=O)NCCn2ccnn2)c2ccccc2n1. The Morgan fingerprint density at radius 3 is 3.00 bits per heavy atom. The Hall–Kier alpha value is -2.96. The van der Waals surface area contributed by atoms with Gasteiger partial charge in [-0.3, -0.25) is 9.48 Å². The lowest BCUT2D eigenvalue weighted by atomic mass is 10.1.